The van der Waals surface area contributed by atoms with Crippen LogP contribution in [0.3, 0.4) is 0 Å². The monoisotopic (exact) mass is 368 g/mol. The number of carbonyl (C=O) groups excluding carboxylic acids is 2. The minimum atomic E-state index is -0.133. The van der Waals surface area contributed by atoms with Crippen LogP contribution in [0.1, 0.15) is 33.2 Å². The maximum absolute atomic E-state index is 12.2. The summed E-state index contributed by atoms with van der Waals surface area (Å²) >= 11 is 1.38. The van der Waals surface area contributed by atoms with Gasteiger partial charge in [-0.25, -0.2) is 4.98 Å². The van der Waals surface area contributed by atoms with Crippen LogP contribution < -0.4 is 10.6 Å². The molecule has 0 radical (unpaired) electrons. The van der Waals surface area contributed by atoms with Gasteiger partial charge in [-0.05, 0) is 32.4 Å². The van der Waals surface area contributed by atoms with Crippen LogP contribution in [0.4, 0.5) is 5.69 Å². The number of para-hydroxylation sites is 1. The lowest BCUT2D eigenvalue weighted by Gasteiger charge is -2.08. The van der Waals surface area contributed by atoms with Crippen molar-refractivity contribution in [1.82, 2.24) is 15.3 Å². The zero-order valence-electron chi connectivity index (χ0n) is 14.7. The zero-order chi connectivity index (χ0) is 18.5. The quantitative estimate of drug-likeness (QED) is 0.653. The van der Waals surface area contributed by atoms with Crippen molar-refractivity contribution < 1.29 is 9.59 Å². The van der Waals surface area contributed by atoms with Crippen LogP contribution in [-0.2, 0) is 4.79 Å². The van der Waals surface area contributed by atoms with Gasteiger partial charge in [-0.15, -0.1) is 11.3 Å². The van der Waals surface area contributed by atoms with Gasteiger partial charge in [0, 0.05) is 24.5 Å². The Morgan fingerprint density at radius 3 is 2.73 bits per heavy atom. The molecule has 0 aliphatic carbocycles. The van der Waals surface area contributed by atoms with Crippen LogP contribution in [0.25, 0.3) is 10.9 Å². The van der Waals surface area contributed by atoms with Crippen LogP contribution in [-0.4, -0.2) is 28.3 Å². The Morgan fingerprint density at radius 1 is 1.15 bits per heavy atom. The third kappa shape index (κ3) is 4.23. The second kappa shape index (κ2) is 8.05. The van der Waals surface area contributed by atoms with Crippen molar-refractivity contribution in [2.75, 3.05) is 11.9 Å². The van der Waals surface area contributed by atoms with Gasteiger partial charge in [-0.2, -0.15) is 0 Å². The van der Waals surface area contributed by atoms with Gasteiger partial charge in [0.2, 0.25) is 5.91 Å². The lowest BCUT2D eigenvalue weighted by Crippen LogP contribution is -2.25. The average molecular weight is 368 g/mol. The summed E-state index contributed by atoms with van der Waals surface area (Å²) in [5, 5.41) is 7.59. The number of hydrogen-bond acceptors (Lipinski definition) is 5. The number of aryl methyl sites for hydroxylation is 2. The smallest absolute Gasteiger partial charge is 0.263 e. The number of nitrogens with zero attached hydrogens (tertiary/aromatic N) is 2. The number of anilines is 1. The van der Waals surface area contributed by atoms with E-state index in [1.165, 1.54) is 11.3 Å². The van der Waals surface area contributed by atoms with E-state index in [1.807, 2.05) is 44.2 Å². The Balaban J connectivity index is 1.48. The van der Waals surface area contributed by atoms with Crippen molar-refractivity contribution in [3.63, 3.8) is 0 Å². The Kier molecular flexibility index (Phi) is 5.58. The van der Waals surface area contributed by atoms with E-state index in [0.29, 0.717) is 30.0 Å². The number of hydrogen-bond donors (Lipinski definition) is 2. The van der Waals surface area contributed by atoms with Crippen molar-refractivity contribution >= 4 is 39.7 Å². The molecule has 7 heteroatoms. The summed E-state index contributed by atoms with van der Waals surface area (Å²) in [5.74, 6) is -0.228. The van der Waals surface area contributed by atoms with Crippen LogP contribution in [0.15, 0.2) is 36.5 Å². The lowest BCUT2D eigenvalue weighted by atomic mass is 10.2. The third-order valence-electron chi connectivity index (χ3n) is 3.88. The molecule has 6 nitrogen and oxygen atoms in total. The molecule has 0 saturated heterocycles. The summed E-state index contributed by atoms with van der Waals surface area (Å²) in [6, 6.07) is 9.50. The maximum Gasteiger partial charge on any atom is 0.263 e. The molecule has 0 fully saturated rings. The van der Waals surface area contributed by atoms with E-state index in [2.05, 4.69) is 20.6 Å². The molecule has 1 aromatic carbocycles. The standard InChI is InChI=1S/C19H20N4O2S/c1-12-18(26-13(2)22-12)19(25)21-11-5-9-16(24)23-15-8-3-6-14-7-4-10-20-17(14)15/h3-4,6-8,10H,5,9,11H2,1-2H3,(H,21,25)(H,23,24). The summed E-state index contributed by atoms with van der Waals surface area (Å²) in [5.41, 5.74) is 2.21. The van der Waals surface area contributed by atoms with E-state index in [1.54, 1.807) is 6.20 Å². The van der Waals surface area contributed by atoms with Crippen LogP contribution in [0.5, 0.6) is 0 Å². The Morgan fingerprint density at radius 2 is 1.96 bits per heavy atom. The topological polar surface area (TPSA) is 84.0 Å². The molecular weight excluding hydrogens is 348 g/mol. The van der Waals surface area contributed by atoms with Gasteiger partial charge in [0.05, 0.1) is 21.9 Å². The summed E-state index contributed by atoms with van der Waals surface area (Å²) in [4.78, 5) is 33.5. The summed E-state index contributed by atoms with van der Waals surface area (Å²) in [6.07, 6.45) is 2.59. The number of pyridine rings is 1. The highest BCUT2D eigenvalue weighted by molar-refractivity contribution is 7.13. The fourth-order valence-electron chi connectivity index (χ4n) is 2.69. The number of benzene rings is 1. The fraction of sp³-hybridized carbons (Fsp3) is 0.263. The highest BCUT2D eigenvalue weighted by atomic mass is 32.1. The van der Waals surface area contributed by atoms with E-state index >= 15 is 0 Å². The first-order valence-corrected chi connectivity index (χ1v) is 9.22. The molecule has 2 N–H and O–H groups in total. The molecule has 0 bridgehead atoms. The summed E-state index contributed by atoms with van der Waals surface area (Å²) in [6.45, 7) is 4.14. The Labute approximate surface area is 155 Å². The van der Waals surface area contributed by atoms with E-state index in [0.717, 1.165) is 21.6 Å². The van der Waals surface area contributed by atoms with Crippen molar-refractivity contribution in [2.45, 2.75) is 26.7 Å². The fourth-order valence-corrected chi connectivity index (χ4v) is 3.53. The summed E-state index contributed by atoms with van der Waals surface area (Å²) < 4.78 is 0. The molecule has 0 atom stereocenters. The molecule has 134 valence electrons. The molecule has 0 spiro atoms. The molecule has 2 heterocycles. The molecule has 26 heavy (non-hydrogen) atoms. The summed E-state index contributed by atoms with van der Waals surface area (Å²) in [7, 11) is 0. The number of nitrogens with one attached hydrogen (secondary N) is 2. The first-order chi connectivity index (χ1) is 12.5. The third-order valence-corrected chi connectivity index (χ3v) is 4.95. The zero-order valence-corrected chi connectivity index (χ0v) is 15.5. The molecule has 0 saturated carbocycles. The molecule has 0 aliphatic heterocycles. The van der Waals surface area contributed by atoms with E-state index in [-0.39, 0.29) is 11.8 Å². The number of fused-ring (bicyclic) bond motifs is 1. The van der Waals surface area contributed by atoms with Crippen LogP contribution >= 0.6 is 11.3 Å². The Bertz CT molecular complexity index is 946. The van der Waals surface area contributed by atoms with E-state index in [4.69, 9.17) is 0 Å². The predicted molar refractivity (Wildman–Crippen MR) is 104 cm³/mol. The van der Waals surface area contributed by atoms with E-state index in [9.17, 15) is 9.59 Å². The van der Waals surface area contributed by atoms with Gasteiger partial charge in [-0.3, -0.25) is 14.6 Å². The molecule has 0 aliphatic rings. The van der Waals surface area contributed by atoms with Gasteiger partial charge < -0.3 is 10.6 Å². The number of carbonyl (C=O) groups is 2. The molecular formula is C19H20N4O2S. The van der Waals surface area contributed by atoms with Crippen molar-refractivity contribution in [1.29, 1.82) is 0 Å². The molecule has 2 amide bonds. The van der Waals surface area contributed by atoms with Gasteiger partial charge in [-0.1, -0.05) is 18.2 Å². The largest absolute Gasteiger partial charge is 0.351 e. The Hall–Kier alpha value is -2.80. The van der Waals surface area contributed by atoms with Gasteiger partial charge in [0.1, 0.15) is 4.88 Å². The van der Waals surface area contributed by atoms with Gasteiger partial charge >= 0.3 is 0 Å². The number of thiazole rings is 1. The second-order valence-corrected chi connectivity index (χ2v) is 7.14. The van der Waals surface area contributed by atoms with Crippen molar-refractivity contribution in [3.05, 3.63) is 52.1 Å². The van der Waals surface area contributed by atoms with Crippen LogP contribution in [0, 0.1) is 13.8 Å². The lowest BCUT2D eigenvalue weighted by molar-refractivity contribution is -0.116. The number of rotatable bonds is 6. The maximum atomic E-state index is 12.2. The van der Waals surface area contributed by atoms with Gasteiger partial charge in [0.25, 0.3) is 5.91 Å². The minimum absolute atomic E-state index is 0.0952. The van der Waals surface area contributed by atoms with E-state index < -0.39 is 0 Å². The normalized spacial score (nSPS) is 10.7. The first-order valence-electron chi connectivity index (χ1n) is 8.40. The van der Waals surface area contributed by atoms with Crippen molar-refractivity contribution in [3.8, 4) is 0 Å². The molecule has 0 unspecified atom stereocenters. The molecule has 3 aromatic rings. The molecule has 2 aromatic heterocycles. The number of amides is 2. The van der Waals surface area contributed by atoms with Gasteiger partial charge in [0.15, 0.2) is 0 Å². The molecule has 3 rings (SSSR count). The minimum Gasteiger partial charge on any atom is -0.351 e. The average Bonchev–Trinajstić information content (AvgIpc) is 2.97. The predicted octanol–water partition coefficient (Wildman–Crippen LogP) is 3.46. The first kappa shape index (κ1) is 18.0. The highest BCUT2D eigenvalue weighted by Gasteiger charge is 2.13. The second-order valence-electron chi connectivity index (χ2n) is 5.94. The van der Waals surface area contributed by atoms with Crippen molar-refractivity contribution in [2.24, 2.45) is 0 Å². The highest BCUT2D eigenvalue weighted by Crippen LogP contribution is 2.21. The van der Waals surface area contributed by atoms with Crippen LogP contribution in [0.2, 0.25) is 0 Å². The SMILES string of the molecule is Cc1nc(C)c(C(=O)NCCCC(=O)Nc2cccc3cccnc23)s1. The number of aromatic nitrogens is 2.